The van der Waals surface area contributed by atoms with Crippen molar-refractivity contribution in [2.45, 2.75) is 19.0 Å². The Labute approximate surface area is 172 Å². The van der Waals surface area contributed by atoms with Crippen LogP contribution in [0.5, 0.6) is 5.75 Å². The van der Waals surface area contributed by atoms with Crippen LogP contribution >= 0.6 is 11.6 Å². The number of hydrogen-bond donors (Lipinski definition) is 0. The van der Waals surface area contributed by atoms with E-state index in [1.54, 1.807) is 24.3 Å². The summed E-state index contributed by atoms with van der Waals surface area (Å²) in [7, 11) is -2.99. The molecule has 3 heterocycles. The van der Waals surface area contributed by atoms with Gasteiger partial charge in [0.1, 0.15) is 18.1 Å². The maximum absolute atomic E-state index is 12.7. The zero-order chi connectivity index (χ0) is 20.2. The summed E-state index contributed by atoms with van der Waals surface area (Å²) in [5, 5.41) is 1.39. The minimum Gasteiger partial charge on any atom is -0.478 e. The van der Waals surface area contributed by atoms with Crippen molar-refractivity contribution in [2.75, 3.05) is 18.2 Å². The van der Waals surface area contributed by atoms with Gasteiger partial charge >= 0.3 is 5.63 Å². The van der Waals surface area contributed by atoms with E-state index in [1.807, 2.05) is 23.1 Å². The molecule has 5 rings (SSSR count). The Kier molecular flexibility index (Phi) is 4.42. The molecule has 0 bridgehead atoms. The summed E-state index contributed by atoms with van der Waals surface area (Å²) in [6, 6.07) is 12.5. The van der Waals surface area contributed by atoms with Gasteiger partial charge in [-0.1, -0.05) is 23.7 Å². The van der Waals surface area contributed by atoms with Gasteiger partial charge in [-0.05, 0) is 42.3 Å². The van der Waals surface area contributed by atoms with Crippen molar-refractivity contribution in [1.29, 1.82) is 0 Å². The summed E-state index contributed by atoms with van der Waals surface area (Å²) >= 11 is 5.94. The first-order valence-corrected chi connectivity index (χ1v) is 11.5. The van der Waals surface area contributed by atoms with Crippen LogP contribution < -0.4 is 10.4 Å². The molecule has 1 atom stereocenters. The first kappa shape index (κ1) is 18.7. The largest absolute Gasteiger partial charge is 0.478 e. The van der Waals surface area contributed by atoms with Gasteiger partial charge in [0, 0.05) is 23.0 Å². The van der Waals surface area contributed by atoms with Crippen LogP contribution in [0.1, 0.15) is 12.0 Å². The molecule has 0 radical (unpaired) electrons. The molecule has 3 aromatic rings. The highest BCUT2D eigenvalue weighted by Crippen LogP contribution is 2.35. The SMILES string of the molecule is O=c1oc2c3c(ccc2cc1-c1ccc(Cl)cc1)OCN([C@@H]1CCS(=O)(=O)C1)C3. The van der Waals surface area contributed by atoms with Crippen LogP contribution in [0.4, 0.5) is 0 Å². The highest BCUT2D eigenvalue weighted by molar-refractivity contribution is 7.91. The van der Waals surface area contributed by atoms with Crippen LogP contribution in [-0.4, -0.2) is 37.6 Å². The molecule has 0 amide bonds. The molecular formula is C21H18ClNO5S. The Morgan fingerprint density at radius 1 is 1.10 bits per heavy atom. The van der Waals surface area contributed by atoms with Crippen LogP contribution in [-0.2, 0) is 16.4 Å². The van der Waals surface area contributed by atoms with Crippen LogP contribution in [0.15, 0.2) is 51.7 Å². The molecule has 1 saturated heterocycles. The Balaban J connectivity index is 1.55. The van der Waals surface area contributed by atoms with Gasteiger partial charge in [-0.3, -0.25) is 4.90 Å². The molecule has 0 spiro atoms. The Morgan fingerprint density at radius 3 is 2.62 bits per heavy atom. The second kappa shape index (κ2) is 6.86. The molecular weight excluding hydrogens is 414 g/mol. The van der Waals surface area contributed by atoms with Gasteiger partial charge in [0.25, 0.3) is 0 Å². The van der Waals surface area contributed by atoms with E-state index < -0.39 is 15.5 Å². The molecule has 150 valence electrons. The normalized spacial score (nSPS) is 21.1. The van der Waals surface area contributed by atoms with E-state index in [1.165, 1.54) is 0 Å². The van der Waals surface area contributed by atoms with E-state index >= 15 is 0 Å². The minimum absolute atomic E-state index is 0.0801. The standard InChI is InChI=1S/C21H18ClNO5S/c22-15-4-1-13(2-5-15)17-9-14-3-6-19-18(20(14)28-21(17)24)10-23(12-27-19)16-7-8-29(25,26)11-16/h1-6,9,16H,7-8,10-12H2/t16-/m1/s1. The van der Waals surface area contributed by atoms with Crippen molar-refractivity contribution >= 4 is 32.4 Å². The lowest BCUT2D eigenvalue weighted by Crippen LogP contribution is -2.41. The summed E-state index contributed by atoms with van der Waals surface area (Å²) in [4.78, 5) is 14.7. The first-order chi connectivity index (χ1) is 13.9. The Hall–Kier alpha value is -2.35. The number of nitrogens with zero attached hydrogens (tertiary/aromatic N) is 1. The number of sulfone groups is 1. The fraction of sp³-hybridized carbons (Fsp3) is 0.286. The van der Waals surface area contributed by atoms with E-state index in [0.717, 1.165) is 16.5 Å². The second-order valence-electron chi connectivity index (χ2n) is 7.49. The molecule has 29 heavy (non-hydrogen) atoms. The van der Waals surface area contributed by atoms with E-state index in [2.05, 4.69) is 0 Å². The van der Waals surface area contributed by atoms with Gasteiger partial charge in [0.05, 0.1) is 22.6 Å². The van der Waals surface area contributed by atoms with Crippen molar-refractivity contribution in [2.24, 2.45) is 0 Å². The maximum Gasteiger partial charge on any atom is 0.344 e. The van der Waals surface area contributed by atoms with Crippen LogP contribution in [0.3, 0.4) is 0 Å². The number of benzene rings is 2. The molecule has 0 N–H and O–H groups in total. The van der Waals surface area contributed by atoms with Crippen LogP contribution in [0.2, 0.25) is 5.02 Å². The van der Waals surface area contributed by atoms with Crippen molar-refractivity contribution in [1.82, 2.24) is 4.90 Å². The first-order valence-electron chi connectivity index (χ1n) is 9.32. The van der Waals surface area contributed by atoms with Gasteiger partial charge in [0.15, 0.2) is 9.84 Å². The number of ether oxygens (including phenoxy) is 1. The van der Waals surface area contributed by atoms with E-state index in [-0.39, 0.29) is 17.5 Å². The summed E-state index contributed by atoms with van der Waals surface area (Å²) < 4.78 is 35.2. The fourth-order valence-electron chi connectivity index (χ4n) is 4.04. The van der Waals surface area contributed by atoms with E-state index in [9.17, 15) is 13.2 Å². The lowest BCUT2D eigenvalue weighted by atomic mass is 10.0. The Bertz CT molecular complexity index is 1270. The van der Waals surface area contributed by atoms with Crippen LogP contribution in [0, 0.1) is 0 Å². The molecule has 0 aliphatic carbocycles. The van der Waals surface area contributed by atoms with Crippen LogP contribution in [0.25, 0.3) is 22.1 Å². The smallest absolute Gasteiger partial charge is 0.344 e. The summed E-state index contributed by atoms with van der Waals surface area (Å²) in [5.41, 5.74) is 2.02. The highest BCUT2D eigenvalue weighted by atomic mass is 35.5. The van der Waals surface area contributed by atoms with Gasteiger partial charge < -0.3 is 9.15 Å². The average molecular weight is 432 g/mol. The molecule has 1 aromatic heterocycles. The predicted molar refractivity (Wildman–Crippen MR) is 111 cm³/mol. The minimum atomic E-state index is -2.99. The van der Waals surface area contributed by atoms with Crippen molar-refractivity contribution in [3.05, 3.63) is 63.5 Å². The molecule has 0 saturated carbocycles. The summed E-state index contributed by atoms with van der Waals surface area (Å²) in [6.07, 6.45) is 0.594. The van der Waals surface area contributed by atoms with Gasteiger partial charge in [0.2, 0.25) is 0 Å². The van der Waals surface area contributed by atoms with Crippen molar-refractivity contribution in [3.8, 4) is 16.9 Å². The van der Waals surface area contributed by atoms with Crippen molar-refractivity contribution < 1.29 is 17.6 Å². The third-order valence-corrected chi connectivity index (χ3v) is 7.59. The fourth-order valence-corrected chi connectivity index (χ4v) is 5.93. The number of rotatable bonds is 2. The zero-order valence-electron chi connectivity index (χ0n) is 15.4. The molecule has 2 aliphatic heterocycles. The quantitative estimate of drug-likeness (QED) is 0.578. The third kappa shape index (κ3) is 3.43. The molecule has 1 fully saturated rings. The summed E-state index contributed by atoms with van der Waals surface area (Å²) in [6.45, 7) is 0.807. The van der Waals surface area contributed by atoms with E-state index in [0.29, 0.717) is 41.6 Å². The number of halogens is 1. The number of fused-ring (bicyclic) bond motifs is 3. The van der Waals surface area contributed by atoms with Gasteiger partial charge in [-0.2, -0.15) is 0 Å². The molecule has 2 aromatic carbocycles. The topological polar surface area (TPSA) is 76.8 Å². The Morgan fingerprint density at radius 2 is 1.90 bits per heavy atom. The second-order valence-corrected chi connectivity index (χ2v) is 10.2. The third-order valence-electron chi connectivity index (χ3n) is 5.59. The molecule has 2 aliphatic rings. The number of hydrogen-bond acceptors (Lipinski definition) is 6. The lowest BCUT2D eigenvalue weighted by molar-refractivity contribution is 0.0649. The monoisotopic (exact) mass is 431 g/mol. The molecule has 0 unspecified atom stereocenters. The lowest BCUT2D eigenvalue weighted by Gasteiger charge is -2.33. The zero-order valence-corrected chi connectivity index (χ0v) is 17.0. The van der Waals surface area contributed by atoms with Gasteiger partial charge in [-0.25, -0.2) is 13.2 Å². The van der Waals surface area contributed by atoms with E-state index in [4.69, 9.17) is 20.8 Å². The summed E-state index contributed by atoms with van der Waals surface area (Å²) in [5.74, 6) is 1.01. The van der Waals surface area contributed by atoms with Gasteiger partial charge in [-0.15, -0.1) is 0 Å². The van der Waals surface area contributed by atoms with Crippen molar-refractivity contribution in [3.63, 3.8) is 0 Å². The molecule has 8 heteroatoms. The molecule has 6 nitrogen and oxygen atoms in total. The predicted octanol–water partition coefficient (Wildman–Crippen LogP) is 3.45. The average Bonchev–Trinajstić information content (AvgIpc) is 3.07. The highest BCUT2D eigenvalue weighted by Gasteiger charge is 2.35. The maximum atomic E-state index is 12.7.